The normalized spacial score (nSPS) is 12.9. The van der Waals surface area contributed by atoms with Crippen molar-refractivity contribution in [3.63, 3.8) is 0 Å². The summed E-state index contributed by atoms with van der Waals surface area (Å²) >= 11 is 0. The van der Waals surface area contributed by atoms with Gasteiger partial charge in [-0.25, -0.2) is 0 Å². The number of nitrogens with one attached hydrogen (secondary N) is 2. The lowest BCUT2D eigenvalue weighted by atomic mass is 10.0. The lowest BCUT2D eigenvalue weighted by Gasteiger charge is -2.21. The van der Waals surface area contributed by atoms with Gasteiger partial charge < -0.3 is 10.6 Å². The molecule has 0 saturated heterocycles. The van der Waals surface area contributed by atoms with Crippen LogP contribution in [0.2, 0.25) is 0 Å². The van der Waals surface area contributed by atoms with E-state index in [0.717, 1.165) is 12.0 Å². The fraction of sp³-hybridized carbons (Fsp3) is 0.300. The molecule has 0 aliphatic heterocycles. The average molecular weight is 324 g/mol. The summed E-state index contributed by atoms with van der Waals surface area (Å²) in [6.45, 7) is 3.97. The van der Waals surface area contributed by atoms with E-state index >= 15 is 0 Å². The first-order chi connectivity index (χ1) is 11.6. The molecular weight excluding hydrogens is 300 g/mol. The number of hydrogen-bond donors (Lipinski definition) is 2. The molecule has 0 aromatic heterocycles. The molecule has 4 nitrogen and oxygen atoms in total. The second-order valence-corrected chi connectivity index (χ2v) is 5.90. The fourth-order valence-corrected chi connectivity index (χ4v) is 2.34. The van der Waals surface area contributed by atoms with Crippen molar-refractivity contribution >= 4 is 11.8 Å². The molecule has 0 radical (unpaired) electrons. The number of rotatable bonds is 7. The van der Waals surface area contributed by atoms with Crippen LogP contribution in [0.3, 0.4) is 0 Å². The third-order valence-corrected chi connectivity index (χ3v) is 3.94. The predicted octanol–water partition coefficient (Wildman–Crippen LogP) is 2.94. The van der Waals surface area contributed by atoms with Gasteiger partial charge in [-0.05, 0) is 31.0 Å². The van der Waals surface area contributed by atoms with E-state index in [2.05, 4.69) is 10.6 Å². The van der Waals surface area contributed by atoms with Gasteiger partial charge in [0, 0.05) is 18.0 Å². The molecule has 0 unspecified atom stereocenters. The van der Waals surface area contributed by atoms with Crippen molar-refractivity contribution in [1.82, 2.24) is 10.6 Å². The van der Waals surface area contributed by atoms with Crippen LogP contribution in [0.5, 0.6) is 0 Å². The minimum atomic E-state index is -0.603. The molecule has 2 aromatic rings. The van der Waals surface area contributed by atoms with Gasteiger partial charge in [0.25, 0.3) is 5.91 Å². The molecule has 2 aromatic carbocycles. The van der Waals surface area contributed by atoms with Gasteiger partial charge in [0.2, 0.25) is 5.91 Å². The van der Waals surface area contributed by atoms with E-state index in [4.69, 9.17) is 0 Å². The van der Waals surface area contributed by atoms with Crippen LogP contribution >= 0.6 is 0 Å². The first kappa shape index (κ1) is 17.7. The average Bonchev–Trinajstić information content (AvgIpc) is 2.62. The fourth-order valence-electron chi connectivity index (χ4n) is 2.34. The third kappa shape index (κ3) is 5.23. The highest BCUT2D eigenvalue weighted by Crippen LogP contribution is 2.06. The van der Waals surface area contributed by atoms with E-state index in [1.165, 1.54) is 0 Å². The Morgan fingerprint density at radius 2 is 1.50 bits per heavy atom. The van der Waals surface area contributed by atoms with Crippen molar-refractivity contribution in [1.29, 1.82) is 0 Å². The summed E-state index contributed by atoms with van der Waals surface area (Å²) in [4.78, 5) is 25.0. The summed E-state index contributed by atoms with van der Waals surface area (Å²) in [7, 11) is 0. The van der Waals surface area contributed by atoms with Crippen molar-refractivity contribution in [2.75, 3.05) is 0 Å². The quantitative estimate of drug-likeness (QED) is 0.823. The summed E-state index contributed by atoms with van der Waals surface area (Å²) in [5.74, 6) is -0.395. The highest BCUT2D eigenvalue weighted by Gasteiger charge is 2.22. The standard InChI is InChI=1S/C20H24N2O2/c1-3-15(2)21-20(24)18(14-16-10-6-4-7-11-16)22-19(23)17-12-8-5-9-13-17/h4-13,15,18H,3,14H2,1-2H3,(H,21,24)(H,22,23)/t15-,18-/m0/s1. The van der Waals surface area contributed by atoms with Crippen molar-refractivity contribution in [2.45, 2.75) is 38.8 Å². The second-order valence-electron chi connectivity index (χ2n) is 5.90. The van der Waals surface area contributed by atoms with Gasteiger partial charge in [0.1, 0.15) is 6.04 Å². The van der Waals surface area contributed by atoms with Crippen LogP contribution in [0.25, 0.3) is 0 Å². The number of benzene rings is 2. The Balaban J connectivity index is 2.12. The molecule has 2 amide bonds. The number of carbonyl (C=O) groups excluding carboxylic acids is 2. The molecule has 0 fully saturated rings. The van der Waals surface area contributed by atoms with Crippen LogP contribution in [0.4, 0.5) is 0 Å². The Morgan fingerprint density at radius 3 is 2.08 bits per heavy atom. The van der Waals surface area contributed by atoms with E-state index in [1.54, 1.807) is 24.3 Å². The molecule has 0 saturated carbocycles. The lowest BCUT2D eigenvalue weighted by molar-refractivity contribution is -0.123. The van der Waals surface area contributed by atoms with E-state index in [-0.39, 0.29) is 17.9 Å². The maximum Gasteiger partial charge on any atom is 0.251 e. The minimum absolute atomic E-state index is 0.0735. The van der Waals surface area contributed by atoms with E-state index in [0.29, 0.717) is 12.0 Å². The van der Waals surface area contributed by atoms with Crippen LogP contribution in [0, 0.1) is 0 Å². The topological polar surface area (TPSA) is 58.2 Å². The summed E-state index contributed by atoms with van der Waals surface area (Å²) in [6.07, 6.45) is 1.30. The van der Waals surface area contributed by atoms with Crippen LogP contribution in [0.15, 0.2) is 60.7 Å². The van der Waals surface area contributed by atoms with Crippen LogP contribution in [-0.4, -0.2) is 23.9 Å². The van der Waals surface area contributed by atoms with E-state index in [9.17, 15) is 9.59 Å². The summed E-state index contributed by atoms with van der Waals surface area (Å²) in [5, 5.41) is 5.81. The molecule has 0 heterocycles. The molecule has 2 rings (SSSR count). The molecule has 0 aliphatic rings. The largest absolute Gasteiger partial charge is 0.352 e. The van der Waals surface area contributed by atoms with Gasteiger partial charge in [-0.3, -0.25) is 9.59 Å². The van der Waals surface area contributed by atoms with Gasteiger partial charge >= 0.3 is 0 Å². The Labute approximate surface area is 143 Å². The highest BCUT2D eigenvalue weighted by molar-refractivity contribution is 5.97. The predicted molar refractivity (Wildman–Crippen MR) is 95.7 cm³/mol. The van der Waals surface area contributed by atoms with E-state index in [1.807, 2.05) is 50.2 Å². The maximum absolute atomic E-state index is 12.6. The van der Waals surface area contributed by atoms with Gasteiger partial charge in [-0.1, -0.05) is 55.5 Å². The Hall–Kier alpha value is -2.62. The first-order valence-corrected chi connectivity index (χ1v) is 8.30. The van der Waals surface area contributed by atoms with Crippen molar-refractivity contribution in [3.05, 3.63) is 71.8 Å². The minimum Gasteiger partial charge on any atom is -0.352 e. The van der Waals surface area contributed by atoms with E-state index < -0.39 is 6.04 Å². The molecule has 2 atom stereocenters. The van der Waals surface area contributed by atoms with Crippen LogP contribution < -0.4 is 10.6 Å². The summed E-state index contributed by atoms with van der Waals surface area (Å²) < 4.78 is 0. The molecule has 2 N–H and O–H groups in total. The molecule has 24 heavy (non-hydrogen) atoms. The zero-order valence-corrected chi connectivity index (χ0v) is 14.2. The Morgan fingerprint density at radius 1 is 0.917 bits per heavy atom. The van der Waals surface area contributed by atoms with Gasteiger partial charge in [0.15, 0.2) is 0 Å². The molecule has 0 bridgehead atoms. The maximum atomic E-state index is 12.6. The number of carbonyl (C=O) groups is 2. The Kier molecular flexibility index (Phi) is 6.55. The van der Waals surface area contributed by atoms with Crippen molar-refractivity contribution in [2.24, 2.45) is 0 Å². The SMILES string of the molecule is CC[C@H](C)NC(=O)[C@H](Cc1ccccc1)NC(=O)c1ccccc1. The number of amides is 2. The molecular formula is C20H24N2O2. The van der Waals surface area contributed by atoms with Crippen molar-refractivity contribution < 1.29 is 9.59 Å². The summed E-state index contributed by atoms with van der Waals surface area (Å²) in [6, 6.07) is 18.1. The van der Waals surface area contributed by atoms with Crippen molar-refractivity contribution in [3.8, 4) is 0 Å². The second kappa shape index (κ2) is 8.87. The molecule has 0 aliphatic carbocycles. The Bertz CT molecular complexity index is 656. The molecule has 4 heteroatoms. The third-order valence-electron chi connectivity index (χ3n) is 3.94. The zero-order chi connectivity index (χ0) is 17.4. The number of hydrogen-bond acceptors (Lipinski definition) is 2. The molecule has 0 spiro atoms. The summed E-state index contributed by atoms with van der Waals surface area (Å²) in [5.41, 5.74) is 1.56. The smallest absolute Gasteiger partial charge is 0.251 e. The monoisotopic (exact) mass is 324 g/mol. The van der Waals surface area contributed by atoms with Gasteiger partial charge in [0.05, 0.1) is 0 Å². The first-order valence-electron chi connectivity index (χ1n) is 8.30. The van der Waals surface area contributed by atoms with Gasteiger partial charge in [-0.2, -0.15) is 0 Å². The molecule has 126 valence electrons. The van der Waals surface area contributed by atoms with Crippen LogP contribution in [-0.2, 0) is 11.2 Å². The highest BCUT2D eigenvalue weighted by atomic mass is 16.2. The lowest BCUT2D eigenvalue weighted by Crippen LogP contribution is -2.50. The van der Waals surface area contributed by atoms with Gasteiger partial charge in [-0.15, -0.1) is 0 Å². The van der Waals surface area contributed by atoms with Crippen LogP contribution in [0.1, 0.15) is 36.2 Å². The zero-order valence-electron chi connectivity index (χ0n) is 14.2.